The minimum absolute atomic E-state index is 0.0155. The average Bonchev–Trinajstić information content (AvgIpc) is 3.03. The number of carboxylic acid groups (broad SMARTS) is 1. The van der Waals surface area contributed by atoms with Gasteiger partial charge in [0, 0.05) is 12.6 Å². The minimum Gasteiger partial charge on any atom is -0.476 e. The van der Waals surface area contributed by atoms with Crippen molar-refractivity contribution in [2.24, 2.45) is 0 Å². The summed E-state index contributed by atoms with van der Waals surface area (Å²) < 4.78 is 7.29. The number of rotatable bonds is 5. The van der Waals surface area contributed by atoms with Crippen molar-refractivity contribution in [2.75, 3.05) is 6.54 Å². The van der Waals surface area contributed by atoms with Gasteiger partial charge in [-0.2, -0.15) is 0 Å². The summed E-state index contributed by atoms with van der Waals surface area (Å²) in [7, 11) is 0. The summed E-state index contributed by atoms with van der Waals surface area (Å²) in [6.45, 7) is 1.37. The first-order chi connectivity index (χ1) is 8.72. The maximum atomic E-state index is 10.6. The number of hydrogen-bond donors (Lipinski definition) is 2. The molecule has 3 rings (SSSR count). The Hall–Kier alpha value is -1.47. The topological polar surface area (TPSA) is 89.3 Å². The van der Waals surface area contributed by atoms with Crippen LogP contribution in [0.4, 0.5) is 0 Å². The van der Waals surface area contributed by atoms with Gasteiger partial charge in [-0.15, -0.1) is 5.10 Å². The van der Waals surface area contributed by atoms with Gasteiger partial charge in [-0.25, -0.2) is 4.79 Å². The van der Waals surface area contributed by atoms with E-state index >= 15 is 0 Å². The van der Waals surface area contributed by atoms with Crippen LogP contribution in [0.15, 0.2) is 6.20 Å². The Morgan fingerprint density at radius 2 is 2.50 bits per heavy atom. The van der Waals surface area contributed by atoms with Crippen LogP contribution in [0.1, 0.15) is 29.8 Å². The second-order valence-electron chi connectivity index (χ2n) is 4.84. The highest BCUT2D eigenvalue weighted by atomic mass is 16.5. The zero-order valence-electron chi connectivity index (χ0n) is 9.95. The van der Waals surface area contributed by atoms with Crippen LogP contribution in [0.3, 0.4) is 0 Å². The highest BCUT2D eigenvalue weighted by Gasteiger charge is 2.40. The van der Waals surface area contributed by atoms with E-state index in [1.54, 1.807) is 4.68 Å². The zero-order chi connectivity index (χ0) is 12.5. The van der Waals surface area contributed by atoms with E-state index in [4.69, 9.17) is 9.84 Å². The maximum Gasteiger partial charge on any atom is 0.358 e. The van der Waals surface area contributed by atoms with E-state index in [9.17, 15) is 4.79 Å². The van der Waals surface area contributed by atoms with Crippen molar-refractivity contribution in [3.63, 3.8) is 0 Å². The van der Waals surface area contributed by atoms with Gasteiger partial charge in [0.25, 0.3) is 0 Å². The number of aromatic carboxylic acids is 1. The second kappa shape index (κ2) is 4.66. The van der Waals surface area contributed by atoms with Gasteiger partial charge < -0.3 is 15.2 Å². The molecule has 0 aromatic carbocycles. The van der Waals surface area contributed by atoms with Crippen LogP contribution < -0.4 is 5.32 Å². The van der Waals surface area contributed by atoms with E-state index in [0.29, 0.717) is 24.8 Å². The monoisotopic (exact) mass is 252 g/mol. The molecule has 18 heavy (non-hydrogen) atoms. The SMILES string of the molecule is O=C(O)c1cn(CCNC2CC3CCC2O3)nn1. The molecular formula is C11H16N4O3. The maximum absolute atomic E-state index is 10.6. The van der Waals surface area contributed by atoms with Crippen LogP contribution in [0.5, 0.6) is 0 Å². The molecule has 3 unspecified atom stereocenters. The first-order valence-corrected chi connectivity index (χ1v) is 6.24. The highest BCUT2D eigenvalue weighted by molar-refractivity contribution is 5.84. The lowest BCUT2D eigenvalue weighted by Crippen LogP contribution is -2.39. The lowest BCUT2D eigenvalue weighted by molar-refractivity contribution is 0.0690. The van der Waals surface area contributed by atoms with E-state index in [-0.39, 0.29) is 5.69 Å². The summed E-state index contributed by atoms with van der Waals surface area (Å²) in [5, 5.41) is 19.5. The fraction of sp³-hybridized carbons (Fsp3) is 0.727. The number of carboxylic acids is 1. The van der Waals surface area contributed by atoms with Crippen LogP contribution in [0, 0.1) is 0 Å². The molecule has 1 aromatic heterocycles. The molecule has 0 amide bonds. The fourth-order valence-corrected chi connectivity index (χ4v) is 2.72. The molecule has 2 bridgehead atoms. The molecule has 0 radical (unpaired) electrons. The molecule has 3 heterocycles. The number of carbonyl (C=O) groups is 1. The number of fused-ring (bicyclic) bond motifs is 2. The molecule has 2 aliphatic rings. The molecule has 3 atom stereocenters. The first-order valence-electron chi connectivity index (χ1n) is 6.24. The van der Waals surface area contributed by atoms with Gasteiger partial charge in [-0.05, 0) is 19.3 Å². The largest absolute Gasteiger partial charge is 0.476 e. The fourth-order valence-electron chi connectivity index (χ4n) is 2.72. The third-order valence-corrected chi connectivity index (χ3v) is 3.61. The van der Waals surface area contributed by atoms with Crippen molar-refractivity contribution in [1.29, 1.82) is 0 Å². The average molecular weight is 252 g/mol. The quantitative estimate of drug-likeness (QED) is 0.759. The van der Waals surface area contributed by atoms with Gasteiger partial charge in [0.1, 0.15) is 0 Å². The van der Waals surface area contributed by atoms with E-state index in [0.717, 1.165) is 19.4 Å². The molecule has 98 valence electrons. The normalized spacial score (nSPS) is 29.9. The van der Waals surface area contributed by atoms with Gasteiger partial charge in [0.2, 0.25) is 0 Å². The Bertz CT molecular complexity index is 447. The summed E-state index contributed by atoms with van der Waals surface area (Å²) in [5.74, 6) is -1.05. The van der Waals surface area contributed by atoms with Crippen molar-refractivity contribution < 1.29 is 14.6 Å². The standard InChI is InChI=1S/C11H16N4O3/c16-11(17)9-6-15(14-13-9)4-3-12-8-5-7-1-2-10(8)18-7/h6-8,10,12H,1-5H2,(H,16,17). The predicted molar refractivity (Wildman–Crippen MR) is 61.3 cm³/mol. The Morgan fingerprint density at radius 3 is 3.11 bits per heavy atom. The molecule has 0 saturated carbocycles. The van der Waals surface area contributed by atoms with Crippen LogP contribution in [-0.4, -0.2) is 50.9 Å². The van der Waals surface area contributed by atoms with Crippen LogP contribution in [-0.2, 0) is 11.3 Å². The van der Waals surface area contributed by atoms with Crippen LogP contribution in [0.2, 0.25) is 0 Å². The van der Waals surface area contributed by atoms with Gasteiger partial charge in [-0.1, -0.05) is 5.21 Å². The predicted octanol–water partition coefficient (Wildman–Crippen LogP) is -0.114. The van der Waals surface area contributed by atoms with Crippen LogP contribution in [0.25, 0.3) is 0 Å². The number of ether oxygens (including phenoxy) is 1. The summed E-state index contributed by atoms with van der Waals surface area (Å²) in [5.41, 5.74) is -0.0155. The molecule has 2 aliphatic heterocycles. The Balaban J connectivity index is 1.45. The highest BCUT2D eigenvalue weighted by Crippen LogP contribution is 2.34. The minimum atomic E-state index is -1.05. The third kappa shape index (κ3) is 2.23. The number of nitrogens with zero attached hydrogens (tertiary/aromatic N) is 3. The second-order valence-corrected chi connectivity index (χ2v) is 4.84. The molecule has 1 aromatic rings. The van der Waals surface area contributed by atoms with Gasteiger partial charge in [-0.3, -0.25) is 4.68 Å². The Labute approximate surface area is 104 Å². The summed E-state index contributed by atoms with van der Waals surface area (Å²) >= 11 is 0. The molecular weight excluding hydrogens is 236 g/mol. The van der Waals surface area contributed by atoms with Gasteiger partial charge >= 0.3 is 5.97 Å². The molecule has 0 aliphatic carbocycles. The van der Waals surface area contributed by atoms with Crippen LogP contribution >= 0.6 is 0 Å². The van der Waals surface area contributed by atoms with E-state index < -0.39 is 5.97 Å². The molecule has 7 heteroatoms. The smallest absolute Gasteiger partial charge is 0.358 e. The number of hydrogen-bond acceptors (Lipinski definition) is 5. The lowest BCUT2D eigenvalue weighted by atomic mass is 9.95. The number of aromatic nitrogens is 3. The lowest BCUT2D eigenvalue weighted by Gasteiger charge is -2.19. The van der Waals surface area contributed by atoms with E-state index in [1.807, 2.05) is 0 Å². The van der Waals surface area contributed by atoms with Gasteiger partial charge in [0.15, 0.2) is 5.69 Å². The molecule has 2 N–H and O–H groups in total. The van der Waals surface area contributed by atoms with E-state index in [1.165, 1.54) is 12.6 Å². The molecule has 7 nitrogen and oxygen atoms in total. The molecule has 0 spiro atoms. The first kappa shape index (κ1) is 11.6. The van der Waals surface area contributed by atoms with E-state index in [2.05, 4.69) is 15.6 Å². The van der Waals surface area contributed by atoms with Gasteiger partial charge in [0.05, 0.1) is 24.9 Å². The Morgan fingerprint density at radius 1 is 1.61 bits per heavy atom. The Kier molecular flexibility index (Phi) is 3.00. The molecule has 2 fully saturated rings. The van der Waals surface area contributed by atoms with Crippen molar-refractivity contribution in [3.05, 3.63) is 11.9 Å². The number of nitrogens with one attached hydrogen (secondary N) is 1. The summed E-state index contributed by atoms with van der Waals surface area (Å²) in [4.78, 5) is 10.6. The van der Waals surface area contributed by atoms with Crippen molar-refractivity contribution in [2.45, 2.75) is 44.1 Å². The van der Waals surface area contributed by atoms with Crippen molar-refractivity contribution in [1.82, 2.24) is 20.3 Å². The van der Waals surface area contributed by atoms with Crippen molar-refractivity contribution >= 4 is 5.97 Å². The van der Waals surface area contributed by atoms with Crippen molar-refractivity contribution in [3.8, 4) is 0 Å². The molecule has 2 saturated heterocycles. The third-order valence-electron chi connectivity index (χ3n) is 3.61. The summed E-state index contributed by atoms with van der Waals surface area (Å²) in [6, 6.07) is 0.436. The summed E-state index contributed by atoms with van der Waals surface area (Å²) in [6.07, 6.45) is 5.67. The zero-order valence-corrected chi connectivity index (χ0v) is 9.95.